The number of hydrogen-bond acceptors (Lipinski definition) is 3. The van der Waals surface area contributed by atoms with Gasteiger partial charge in [0, 0.05) is 17.6 Å². The van der Waals surface area contributed by atoms with E-state index in [1.54, 1.807) is 24.0 Å². The van der Waals surface area contributed by atoms with Crippen molar-refractivity contribution in [3.8, 4) is 5.75 Å². The Morgan fingerprint density at radius 3 is 2.28 bits per heavy atom. The van der Waals surface area contributed by atoms with Gasteiger partial charge in [0.05, 0.1) is 0 Å². The Kier molecular flexibility index (Phi) is 9.14. The summed E-state index contributed by atoms with van der Waals surface area (Å²) in [5.41, 5.74) is 1.80. The maximum atomic E-state index is 13.2. The zero-order chi connectivity index (χ0) is 23.9. The Morgan fingerprint density at radius 1 is 1.06 bits per heavy atom. The Bertz CT molecular complexity index is 906. The molecule has 2 amide bonds. The molecule has 0 saturated heterocycles. The van der Waals surface area contributed by atoms with Crippen LogP contribution in [0.5, 0.6) is 5.75 Å². The molecule has 0 saturated carbocycles. The lowest BCUT2D eigenvalue weighted by Crippen LogP contribution is -2.50. The second-order valence-electron chi connectivity index (χ2n) is 9.18. The molecule has 32 heavy (non-hydrogen) atoms. The van der Waals surface area contributed by atoms with Crippen LogP contribution < -0.4 is 10.1 Å². The molecule has 2 aromatic rings. The molecule has 5 nitrogen and oxygen atoms in total. The van der Waals surface area contributed by atoms with Crippen LogP contribution in [0, 0.1) is 0 Å². The van der Waals surface area contributed by atoms with Gasteiger partial charge in [-0.3, -0.25) is 9.59 Å². The first-order valence-electron chi connectivity index (χ1n) is 11.1. The fraction of sp³-hybridized carbons (Fsp3) is 0.462. The summed E-state index contributed by atoms with van der Waals surface area (Å²) >= 11 is 6.00. The molecule has 2 atom stereocenters. The van der Waals surface area contributed by atoms with Crippen molar-refractivity contribution in [3.63, 3.8) is 0 Å². The van der Waals surface area contributed by atoms with E-state index in [1.165, 1.54) is 0 Å². The number of carbonyl (C=O) groups excluding carboxylic acids is 2. The number of amides is 2. The maximum Gasteiger partial charge on any atom is 0.261 e. The molecule has 0 aliphatic carbocycles. The van der Waals surface area contributed by atoms with Gasteiger partial charge in [0.15, 0.2) is 6.61 Å². The fourth-order valence-electron chi connectivity index (χ4n) is 3.27. The van der Waals surface area contributed by atoms with E-state index < -0.39 is 6.04 Å². The molecule has 0 fully saturated rings. The highest BCUT2D eigenvalue weighted by atomic mass is 35.5. The first kappa shape index (κ1) is 25.7. The van der Waals surface area contributed by atoms with Gasteiger partial charge in [-0.15, -0.1) is 0 Å². The summed E-state index contributed by atoms with van der Waals surface area (Å²) in [7, 11) is 0. The first-order chi connectivity index (χ1) is 15.0. The number of halogens is 1. The van der Waals surface area contributed by atoms with Crippen LogP contribution >= 0.6 is 11.6 Å². The van der Waals surface area contributed by atoms with Crippen molar-refractivity contribution in [1.29, 1.82) is 0 Å². The van der Waals surface area contributed by atoms with Gasteiger partial charge in [0.1, 0.15) is 11.8 Å². The predicted molar refractivity (Wildman–Crippen MR) is 130 cm³/mol. The minimum Gasteiger partial charge on any atom is -0.483 e. The summed E-state index contributed by atoms with van der Waals surface area (Å²) < 4.78 is 5.95. The highest BCUT2D eigenvalue weighted by molar-refractivity contribution is 6.30. The quantitative estimate of drug-likeness (QED) is 0.551. The first-order valence-corrected chi connectivity index (χ1v) is 11.5. The molecule has 0 aliphatic rings. The molecule has 0 heterocycles. The third-order valence-electron chi connectivity index (χ3n) is 5.48. The van der Waals surface area contributed by atoms with Gasteiger partial charge in [-0.05, 0) is 55.0 Å². The van der Waals surface area contributed by atoms with Crippen LogP contribution in [0.2, 0.25) is 5.02 Å². The summed E-state index contributed by atoms with van der Waals surface area (Å²) in [4.78, 5) is 27.6. The zero-order valence-corrected chi connectivity index (χ0v) is 20.7. The van der Waals surface area contributed by atoms with Gasteiger partial charge < -0.3 is 15.0 Å². The number of benzene rings is 2. The number of carbonyl (C=O) groups is 2. The van der Waals surface area contributed by atoms with E-state index in [0.29, 0.717) is 10.8 Å². The molecular weight excluding hydrogens is 424 g/mol. The molecule has 0 spiro atoms. The minimum atomic E-state index is -0.645. The molecule has 0 unspecified atom stereocenters. The molecule has 1 N–H and O–H groups in total. The number of ether oxygens (including phenoxy) is 1. The molecular formula is C26H35ClN2O3. The largest absolute Gasteiger partial charge is 0.483 e. The lowest BCUT2D eigenvalue weighted by Gasteiger charge is -2.30. The van der Waals surface area contributed by atoms with Crippen LogP contribution in [0.25, 0.3) is 0 Å². The van der Waals surface area contributed by atoms with Crippen LogP contribution in [0.1, 0.15) is 59.1 Å². The molecule has 2 aromatic carbocycles. The molecule has 6 heteroatoms. The second kappa shape index (κ2) is 11.4. The van der Waals surface area contributed by atoms with Gasteiger partial charge in [-0.1, -0.05) is 69.6 Å². The number of hydrogen-bond donors (Lipinski definition) is 1. The van der Waals surface area contributed by atoms with Crippen molar-refractivity contribution in [2.75, 3.05) is 6.61 Å². The lowest BCUT2D eigenvalue weighted by molar-refractivity contribution is -0.142. The Hall–Kier alpha value is -2.53. The van der Waals surface area contributed by atoms with Gasteiger partial charge in [0.2, 0.25) is 5.91 Å². The average molecular weight is 459 g/mol. The van der Waals surface area contributed by atoms with Gasteiger partial charge in [0.25, 0.3) is 5.91 Å². The molecule has 0 aliphatic heterocycles. The van der Waals surface area contributed by atoms with Gasteiger partial charge in [-0.25, -0.2) is 0 Å². The predicted octanol–water partition coefficient (Wildman–Crippen LogP) is 5.35. The Balaban J connectivity index is 2.21. The molecule has 0 aromatic heterocycles. The van der Waals surface area contributed by atoms with Crippen molar-refractivity contribution in [2.24, 2.45) is 0 Å². The summed E-state index contributed by atoms with van der Waals surface area (Å²) in [5.74, 6) is 0.240. The van der Waals surface area contributed by atoms with E-state index in [0.717, 1.165) is 17.5 Å². The number of para-hydroxylation sites is 1. The van der Waals surface area contributed by atoms with Crippen molar-refractivity contribution < 1.29 is 14.3 Å². The van der Waals surface area contributed by atoms with Crippen LogP contribution in [-0.2, 0) is 21.5 Å². The fourth-order valence-corrected chi connectivity index (χ4v) is 3.40. The monoisotopic (exact) mass is 458 g/mol. The number of rotatable bonds is 9. The number of nitrogens with one attached hydrogen (secondary N) is 1. The van der Waals surface area contributed by atoms with Crippen molar-refractivity contribution in [2.45, 2.75) is 72.0 Å². The van der Waals surface area contributed by atoms with Crippen molar-refractivity contribution in [3.05, 3.63) is 64.7 Å². The molecule has 2 rings (SSSR count). The Labute approximate surface area is 197 Å². The van der Waals surface area contributed by atoms with Crippen LogP contribution in [0.3, 0.4) is 0 Å². The standard InChI is InChI=1S/C26H35ClN2O3/c1-7-18(2)28-25(31)19(3)29(16-20-12-14-21(27)15-13-20)24(30)17-32-23-11-9-8-10-22(23)26(4,5)6/h8-15,18-19H,7,16-17H2,1-6H3,(H,28,31)/t18-,19-/m0/s1. The smallest absolute Gasteiger partial charge is 0.261 e. The van der Waals surface area contributed by atoms with E-state index in [4.69, 9.17) is 16.3 Å². The van der Waals surface area contributed by atoms with Gasteiger partial charge >= 0.3 is 0 Å². The summed E-state index contributed by atoms with van der Waals surface area (Å²) in [5, 5.41) is 3.59. The summed E-state index contributed by atoms with van der Waals surface area (Å²) in [6, 6.07) is 14.4. The van der Waals surface area contributed by atoms with Crippen LogP contribution in [0.4, 0.5) is 0 Å². The molecule has 0 radical (unpaired) electrons. The highest BCUT2D eigenvalue weighted by Gasteiger charge is 2.28. The van der Waals surface area contributed by atoms with Crippen LogP contribution in [-0.4, -0.2) is 35.4 Å². The van der Waals surface area contributed by atoms with Gasteiger partial charge in [-0.2, -0.15) is 0 Å². The van der Waals surface area contributed by atoms with Crippen molar-refractivity contribution >= 4 is 23.4 Å². The molecule has 0 bridgehead atoms. The summed E-state index contributed by atoms with van der Waals surface area (Å²) in [6.07, 6.45) is 0.816. The van der Waals surface area contributed by atoms with E-state index in [2.05, 4.69) is 26.1 Å². The normalized spacial score (nSPS) is 13.2. The van der Waals surface area contributed by atoms with E-state index in [-0.39, 0.29) is 36.4 Å². The maximum absolute atomic E-state index is 13.2. The third-order valence-corrected chi connectivity index (χ3v) is 5.73. The highest BCUT2D eigenvalue weighted by Crippen LogP contribution is 2.31. The number of nitrogens with zero attached hydrogens (tertiary/aromatic N) is 1. The van der Waals surface area contributed by atoms with E-state index in [9.17, 15) is 9.59 Å². The lowest BCUT2D eigenvalue weighted by atomic mass is 9.86. The van der Waals surface area contributed by atoms with Crippen LogP contribution in [0.15, 0.2) is 48.5 Å². The summed E-state index contributed by atoms with van der Waals surface area (Å²) in [6.45, 7) is 12.1. The third kappa shape index (κ3) is 7.27. The second-order valence-corrected chi connectivity index (χ2v) is 9.61. The van der Waals surface area contributed by atoms with E-state index >= 15 is 0 Å². The molecule has 174 valence electrons. The minimum absolute atomic E-state index is 0.0346. The topological polar surface area (TPSA) is 58.6 Å². The Morgan fingerprint density at radius 2 is 1.69 bits per heavy atom. The zero-order valence-electron chi connectivity index (χ0n) is 19.9. The SMILES string of the molecule is CC[C@H](C)NC(=O)[C@H](C)N(Cc1ccc(Cl)cc1)C(=O)COc1ccccc1C(C)(C)C. The van der Waals surface area contributed by atoms with E-state index in [1.807, 2.05) is 50.2 Å². The average Bonchev–Trinajstić information content (AvgIpc) is 2.76. The van der Waals surface area contributed by atoms with Crippen molar-refractivity contribution in [1.82, 2.24) is 10.2 Å².